The predicted molar refractivity (Wildman–Crippen MR) is 111 cm³/mol. The van der Waals surface area contributed by atoms with Crippen molar-refractivity contribution in [2.75, 3.05) is 0 Å². The van der Waals surface area contributed by atoms with Gasteiger partial charge in [-0.25, -0.2) is 8.78 Å². The van der Waals surface area contributed by atoms with Crippen molar-refractivity contribution in [2.45, 2.75) is 64.7 Å². The number of hydrogen-bond acceptors (Lipinski definition) is 0. The summed E-state index contributed by atoms with van der Waals surface area (Å²) >= 11 is 0. The van der Waals surface area contributed by atoms with Crippen molar-refractivity contribution in [3.05, 3.63) is 65.2 Å². The van der Waals surface area contributed by atoms with E-state index in [-0.39, 0.29) is 5.56 Å². The molecule has 1 aliphatic rings. The summed E-state index contributed by atoms with van der Waals surface area (Å²) in [5.74, 6) is 0.500. The molecule has 0 amide bonds. The highest BCUT2D eigenvalue weighted by Gasteiger charge is 2.22. The van der Waals surface area contributed by atoms with Gasteiger partial charge in [0.25, 0.3) is 0 Å². The van der Waals surface area contributed by atoms with Gasteiger partial charge in [0.1, 0.15) is 11.6 Å². The second kappa shape index (κ2) is 9.30. The van der Waals surface area contributed by atoms with Crippen LogP contribution in [0, 0.1) is 17.6 Å². The van der Waals surface area contributed by atoms with Crippen LogP contribution in [-0.4, -0.2) is 0 Å². The smallest absolute Gasteiger partial charge is 0.133 e. The third-order valence-electron chi connectivity index (χ3n) is 5.94. The molecule has 2 aromatic carbocycles. The van der Waals surface area contributed by atoms with Gasteiger partial charge in [0, 0.05) is 5.56 Å². The zero-order valence-corrected chi connectivity index (χ0v) is 16.5. The number of halogens is 2. The molecular weight excluding hydrogens is 338 g/mol. The lowest BCUT2D eigenvalue weighted by molar-refractivity contribution is 0.304. The third-order valence-corrected chi connectivity index (χ3v) is 5.94. The number of allylic oxidation sites excluding steroid dienone is 1. The van der Waals surface area contributed by atoms with Gasteiger partial charge in [-0.1, -0.05) is 62.6 Å². The Morgan fingerprint density at radius 2 is 1.56 bits per heavy atom. The maximum atomic E-state index is 14.2. The highest BCUT2D eigenvalue weighted by Crippen LogP contribution is 2.38. The van der Waals surface area contributed by atoms with Crippen LogP contribution in [0.1, 0.15) is 75.8 Å². The van der Waals surface area contributed by atoms with E-state index >= 15 is 0 Å². The van der Waals surface area contributed by atoms with Crippen LogP contribution in [0.5, 0.6) is 0 Å². The van der Waals surface area contributed by atoms with Crippen LogP contribution in [0.2, 0.25) is 0 Å². The quantitative estimate of drug-likeness (QED) is 0.483. The summed E-state index contributed by atoms with van der Waals surface area (Å²) in [7, 11) is 0. The first-order valence-electron chi connectivity index (χ1n) is 10.3. The average Bonchev–Trinajstić information content (AvgIpc) is 2.69. The largest absolute Gasteiger partial charge is 0.206 e. The van der Waals surface area contributed by atoms with Crippen LogP contribution >= 0.6 is 0 Å². The van der Waals surface area contributed by atoms with Crippen LogP contribution in [0.3, 0.4) is 0 Å². The molecule has 3 rings (SSSR count). The topological polar surface area (TPSA) is 0 Å². The molecule has 0 atom stereocenters. The van der Waals surface area contributed by atoms with Crippen molar-refractivity contribution in [1.82, 2.24) is 0 Å². The first-order chi connectivity index (χ1) is 13.1. The van der Waals surface area contributed by atoms with Crippen molar-refractivity contribution in [2.24, 2.45) is 5.92 Å². The summed E-state index contributed by atoms with van der Waals surface area (Å²) < 4.78 is 28.4. The Morgan fingerprint density at radius 3 is 2.11 bits per heavy atom. The molecule has 1 saturated carbocycles. The molecule has 0 spiro atoms. The Morgan fingerprint density at radius 1 is 0.926 bits per heavy atom. The normalized spacial score (nSPS) is 20.3. The van der Waals surface area contributed by atoms with Crippen LogP contribution in [0.15, 0.2) is 42.5 Å². The van der Waals surface area contributed by atoms with Crippen LogP contribution < -0.4 is 0 Å². The van der Waals surface area contributed by atoms with Crippen molar-refractivity contribution in [3.8, 4) is 11.1 Å². The lowest BCUT2D eigenvalue weighted by Gasteiger charge is -2.29. The molecule has 0 aromatic heterocycles. The first-order valence-corrected chi connectivity index (χ1v) is 10.3. The first kappa shape index (κ1) is 19.8. The van der Waals surface area contributed by atoms with Gasteiger partial charge >= 0.3 is 0 Å². The molecule has 144 valence electrons. The fourth-order valence-electron chi connectivity index (χ4n) is 4.30. The summed E-state index contributed by atoms with van der Waals surface area (Å²) in [4.78, 5) is 0. The van der Waals surface area contributed by atoms with Crippen LogP contribution in [-0.2, 0) is 0 Å². The van der Waals surface area contributed by atoms with E-state index in [1.54, 1.807) is 13.0 Å². The number of rotatable bonds is 6. The van der Waals surface area contributed by atoms with Crippen molar-refractivity contribution in [1.29, 1.82) is 0 Å². The molecule has 1 aliphatic carbocycles. The molecule has 1 fully saturated rings. The SMILES string of the molecule is C/C=C/c1c(F)cc(-c2ccc(C3CCC(CCCC)CC3)cc2)cc1F. The van der Waals surface area contributed by atoms with Crippen molar-refractivity contribution < 1.29 is 8.78 Å². The maximum absolute atomic E-state index is 14.2. The van der Waals surface area contributed by atoms with E-state index in [0.29, 0.717) is 11.5 Å². The molecule has 0 bridgehead atoms. The van der Waals surface area contributed by atoms with Crippen LogP contribution in [0.25, 0.3) is 17.2 Å². The summed E-state index contributed by atoms with van der Waals surface area (Å²) in [6, 6.07) is 11.1. The standard InChI is InChI=1S/C25H30F2/c1-3-5-7-18-8-10-19(11-9-18)20-12-14-21(15-13-20)22-16-24(26)23(6-4-2)25(27)17-22/h4,6,12-19H,3,5,7-11H2,1-2H3/b6-4+. The minimum Gasteiger partial charge on any atom is -0.206 e. The minimum atomic E-state index is -0.516. The van der Waals surface area contributed by atoms with Gasteiger partial charge in [-0.05, 0) is 73.3 Å². The zero-order chi connectivity index (χ0) is 19.2. The van der Waals surface area contributed by atoms with Crippen molar-refractivity contribution >= 4 is 6.08 Å². The Kier molecular flexibility index (Phi) is 6.82. The number of unbranched alkanes of at least 4 members (excludes halogenated alkanes) is 1. The Balaban J connectivity index is 1.69. The molecule has 0 saturated heterocycles. The molecule has 0 heterocycles. The maximum Gasteiger partial charge on any atom is 0.133 e. The molecule has 0 unspecified atom stereocenters. The fraction of sp³-hybridized carbons (Fsp3) is 0.440. The summed E-state index contributed by atoms with van der Waals surface area (Å²) in [5, 5.41) is 0. The monoisotopic (exact) mass is 368 g/mol. The highest BCUT2D eigenvalue weighted by atomic mass is 19.1. The summed E-state index contributed by atoms with van der Waals surface area (Å²) in [6.45, 7) is 4.02. The van der Waals surface area contributed by atoms with E-state index in [9.17, 15) is 8.78 Å². The predicted octanol–water partition coefficient (Wildman–Crippen LogP) is 8.13. The van der Waals surface area contributed by atoms with Gasteiger partial charge < -0.3 is 0 Å². The molecular formula is C25H30F2. The second-order valence-electron chi connectivity index (χ2n) is 7.84. The molecule has 0 N–H and O–H groups in total. The fourth-order valence-corrected chi connectivity index (χ4v) is 4.30. The van der Waals surface area contributed by atoms with E-state index in [2.05, 4.69) is 19.1 Å². The van der Waals surface area contributed by atoms with E-state index in [1.165, 1.54) is 68.7 Å². The van der Waals surface area contributed by atoms with Gasteiger partial charge in [-0.3, -0.25) is 0 Å². The molecule has 0 aliphatic heterocycles. The van der Waals surface area contributed by atoms with E-state index in [1.807, 2.05) is 12.1 Å². The number of benzene rings is 2. The van der Waals surface area contributed by atoms with Gasteiger partial charge in [0.2, 0.25) is 0 Å². The lowest BCUT2D eigenvalue weighted by atomic mass is 9.77. The zero-order valence-electron chi connectivity index (χ0n) is 16.5. The van der Waals surface area contributed by atoms with Gasteiger partial charge in [-0.15, -0.1) is 0 Å². The van der Waals surface area contributed by atoms with Gasteiger partial charge in [-0.2, -0.15) is 0 Å². The van der Waals surface area contributed by atoms with E-state index in [0.717, 1.165) is 11.5 Å². The Bertz CT molecular complexity index is 742. The average molecular weight is 369 g/mol. The minimum absolute atomic E-state index is 0.0257. The second-order valence-corrected chi connectivity index (χ2v) is 7.84. The van der Waals surface area contributed by atoms with Gasteiger partial charge in [0.05, 0.1) is 0 Å². The summed E-state index contributed by atoms with van der Waals surface area (Å²) in [6.07, 6.45) is 12.3. The van der Waals surface area contributed by atoms with Gasteiger partial charge in [0.15, 0.2) is 0 Å². The number of hydrogen-bond donors (Lipinski definition) is 0. The molecule has 27 heavy (non-hydrogen) atoms. The summed E-state index contributed by atoms with van der Waals surface area (Å²) in [5.41, 5.74) is 2.84. The molecule has 2 heteroatoms. The van der Waals surface area contributed by atoms with E-state index < -0.39 is 11.6 Å². The Hall–Kier alpha value is -1.96. The van der Waals surface area contributed by atoms with Crippen LogP contribution in [0.4, 0.5) is 8.78 Å². The molecule has 0 radical (unpaired) electrons. The molecule has 2 aromatic rings. The highest BCUT2D eigenvalue weighted by molar-refractivity contribution is 5.66. The van der Waals surface area contributed by atoms with E-state index in [4.69, 9.17) is 0 Å². The molecule has 0 nitrogen and oxygen atoms in total. The third kappa shape index (κ3) is 4.86. The van der Waals surface area contributed by atoms with Crippen molar-refractivity contribution in [3.63, 3.8) is 0 Å². The lowest BCUT2D eigenvalue weighted by Crippen LogP contribution is -2.13. The Labute approximate surface area is 162 Å².